The van der Waals surface area contributed by atoms with Crippen LogP contribution in [0.25, 0.3) is 50.4 Å². The summed E-state index contributed by atoms with van der Waals surface area (Å²) in [5.41, 5.74) is 12.1. The number of carboxylic acids is 3. The highest BCUT2D eigenvalue weighted by molar-refractivity contribution is 8.01. The molecule has 122 heavy (non-hydrogen) atoms. The number of aromatic nitrogens is 1. The Kier molecular flexibility index (Phi) is 38.1. The van der Waals surface area contributed by atoms with Crippen molar-refractivity contribution in [3.8, 4) is 39.1 Å². The predicted octanol–water partition coefficient (Wildman–Crippen LogP) is 18.2. The van der Waals surface area contributed by atoms with Crippen molar-refractivity contribution >= 4 is 58.7 Å². The van der Waals surface area contributed by atoms with E-state index in [0.29, 0.717) is 37.9 Å². The van der Waals surface area contributed by atoms with Crippen LogP contribution in [0.5, 0.6) is 5.75 Å². The number of thioether (sulfide) groups is 1. The van der Waals surface area contributed by atoms with Crippen LogP contribution < -0.4 is 0 Å². The minimum absolute atomic E-state index is 0.00353. The topological polar surface area (TPSA) is 355 Å². The molecule has 1 aliphatic heterocycles. The Balaban J connectivity index is 0.000000253. The summed E-state index contributed by atoms with van der Waals surface area (Å²) in [6.45, 7) is 30.3. The molecule has 25 heteroatoms. The van der Waals surface area contributed by atoms with Crippen molar-refractivity contribution in [2.75, 3.05) is 7.11 Å². The summed E-state index contributed by atoms with van der Waals surface area (Å²) in [6, 6.07) is 48.1. The third kappa shape index (κ3) is 30.8. The zero-order valence-corrected chi connectivity index (χ0v) is 73.8. The molecule has 0 spiro atoms. The van der Waals surface area contributed by atoms with Gasteiger partial charge in [-0.15, -0.1) is 11.8 Å². The van der Waals surface area contributed by atoms with Crippen LogP contribution in [0, 0.1) is 11.6 Å². The molecule has 2 heterocycles. The molecule has 1 amide bonds. The highest BCUT2D eigenvalue weighted by Crippen LogP contribution is 2.54. The number of aromatic hydroxyl groups is 1. The summed E-state index contributed by atoms with van der Waals surface area (Å²) < 4.78 is 53.7. The number of esters is 1. The van der Waals surface area contributed by atoms with Gasteiger partial charge in [-0.1, -0.05) is 183 Å². The normalized spacial score (nSPS) is 16.4. The number of carboxylic acid groups (broad SMARTS) is 3. The van der Waals surface area contributed by atoms with Gasteiger partial charge in [0.05, 0.1) is 87.7 Å². The highest BCUT2D eigenvalue weighted by Gasteiger charge is 2.51. The van der Waals surface area contributed by atoms with Crippen molar-refractivity contribution in [1.29, 1.82) is 0 Å². The van der Waals surface area contributed by atoms with Crippen molar-refractivity contribution in [3.05, 3.63) is 215 Å². The summed E-state index contributed by atoms with van der Waals surface area (Å²) in [5.74, 6) is -4.24. The number of ether oxygens (including phenoxy) is 2. The molecule has 1 fully saturated rings. The Morgan fingerprint density at radius 2 is 1.06 bits per heavy atom. The number of phenolic OH excluding ortho intramolecular Hbond substituents is 1. The first-order valence-electron chi connectivity index (χ1n) is 41.5. The van der Waals surface area contributed by atoms with Crippen molar-refractivity contribution < 1.29 is 108 Å². The van der Waals surface area contributed by atoms with E-state index in [2.05, 4.69) is 84.6 Å². The molecule has 1 aromatic heterocycles. The van der Waals surface area contributed by atoms with Gasteiger partial charge >= 0.3 is 30.0 Å². The quantitative estimate of drug-likeness (QED) is 0.0170. The third-order valence-electron chi connectivity index (χ3n) is 20.9. The molecule has 0 saturated carbocycles. The molecule has 666 valence electrons. The molecular formula is C97H127F3N2O19S. The number of benzene rings is 7. The predicted molar refractivity (Wildman–Crippen MR) is 472 cm³/mol. The maximum Gasteiger partial charge on any atom is 0.411 e. The number of aliphatic hydroxyl groups excluding tert-OH is 8. The van der Waals surface area contributed by atoms with E-state index in [9.17, 15) is 83.1 Å². The lowest BCUT2D eigenvalue weighted by molar-refractivity contribution is -0.143. The fourth-order valence-electron chi connectivity index (χ4n) is 14.9. The Morgan fingerprint density at radius 1 is 0.557 bits per heavy atom. The van der Waals surface area contributed by atoms with E-state index in [1.165, 1.54) is 31.4 Å². The van der Waals surface area contributed by atoms with Gasteiger partial charge in [0.25, 0.3) is 0 Å². The van der Waals surface area contributed by atoms with Gasteiger partial charge in [0.15, 0.2) is 6.17 Å². The molecule has 0 bridgehead atoms. The maximum atomic E-state index is 14.5. The Hall–Kier alpha value is -9.41. The number of nitrogens with zero attached hydrogens (tertiary/aromatic N) is 2. The van der Waals surface area contributed by atoms with Gasteiger partial charge in [0.1, 0.15) is 28.4 Å². The number of aryl methyl sites for hydroxylation is 1. The van der Waals surface area contributed by atoms with Gasteiger partial charge in [0, 0.05) is 39.4 Å². The SMILES string of the molecule is CC(C)(C)OC(=O)N1C(c2ccccc2)SC(C)(C)[C@@H]1CC[C@H](O)C[C@H](O)CC(=O)O.CC(C)c1cc(-c2ccccc2)cc(-c2ccc(F)cc2)c1CC[C@@H](O)[C@H](F)[C@@H](O)CC(=O)O.CC(C)n1c(/C=C/[C@@H](O)C[C@@H](O)CC(=O)O)c(-c2ccc(F)cc2)c2ccccc21.COC(=O)C[C@H](O)C[C@H](O)CCc1cc(C(C)(C)C)c(O)c(C(C)(C)C)c1. The van der Waals surface area contributed by atoms with Crippen molar-refractivity contribution in [2.24, 2.45) is 0 Å². The molecule has 11 atom stereocenters. The minimum atomic E-state index is -2.07. The number of phenols is 1. The lowest BCUT2D eigenvalue weighted by Gasteiger charge is -2.35. The number of rotatable bonds is 33. The first-order valence-corrected chi connectivity index (χ1v) is 42.3. The summed E-state index contributed by atoms with van der Waals surface area (Å²) in [6.07, 6.45) is -7.57. The van der Waals surface area contributed by atoms with E-state index in [0.717, 1.165) is 83.4 Å². The number of methoxy groups -OCH3 is 1. The lowest BCUT2D eigenvalue weighted by Crippen LogP contribution is -2.46. The first-order chi connectivity index (χ1) is 57.0. The first kappa shape index (κ1) is 101. The zero-order valence-electron chi connectivity index (χ0n) is 73.0. The van der Waals surface area contributed by atoms with Gasteiger partial charge in [-0.05, 0) is 220 Å². The number of amides is 1. The van der Waals surface area contributed by atoms with Crippen molar-refractivity contribution in [3.63, 3.8) is 0 Å². The Morgan fingerprint density at radius 3 is 1.57 bits per heavy atom. The number of hydrogen-bond acceptors (Lipinski definition) is 17. The van der Waals surface area contributed by atoms with Crippen LogP contribution >= 0.6 is 11.8 Å². The molecule has 1 unspecified atom stereocenters. The number of carbonyl (C=O) groups excluding carboxylic acids is 2. The molecule has 7 aromatic carbocycles. The molecular weight excluding hydrogens is 1590 g/mol. The van der Waals surface area contributed by atoms with E-state index in [4.69, 9.17) is 20.1 Å². The monoisotopic (exact) mass is 1710 g/mol. The van der Waals surface area contributed by atoms with Gasteiger partial charge in [-0.2, -0.15) is 0 Å². The van der Waals surface area contributed by atoms with Crippen molar-refractivity contribution in [1.82, 2.24) is 9.47 Å². The number of carbonyl (C=O) groups is 5. The summed E-state index contributed by atoms with van der Waals surface area (Å²) >= 11 is 1.68. The fraction of sp³-hybridized carbons (Fsp3) is 0.474. The molecule has 1 aliphatic rings. The number of aliphatic carboxylic acids is 3. The van der Waals surface area contributed by atoms with Crippen LogP contribution in [0.15, 0.2) is 164 Å². The van der Waals surface area contributed by atoms with Crippen LogP contribution in [0.3, 0.4) is 0 Å². The van der Waals surface area contributed by atoms with Crippen LogP contribution in [-0.2, 0) is 52.3 Å². The molecule has 0 radical (unpaired) electrons. The molecule has 8 aromatic rings. The van der Waals surface area contributed by atoms with Gasteiger partial charge in [-0.25, -0.2) is 18.0 Å². The highest BCUT2D eigenvalue weighted by atomic mass is 32.2. The summed E-state index contributed by atoms with van der Waals surface area (Å²) in [5, 5.41) is 118. The standard InChI is InChI=1S/C28H30F2O4.C24H26FNO4.C23H35NO6S.C22H36O5/c1-17(2)23-14-20(18-6-4-3-5-7-18)15-24(19-8-10-21(29)11-9-19)22(23)12-13-25(31)28(30)26(32)16-27(33)34;1-15(2)26-21-6-4-3-5-20(21)24(16-7-9-17(25)10-8-16)22(26)12-11-18(27)13-19(28)14-23(29)30;1-22(2,3)30-21(29)24-18(12-11-16(25)13-17(26)14-19(27)28)23(4,5)31-20(24)15-9-7-6-8-10-15;1-21(2,3)17-10-14(11-18(20(17)26)22(4,5)6)8-9-15(23)12-16(24)13-19(25)27-7/h3-11,14-15,17,25-26,28,31-32H,12-13,16H2,1-2H3,(H,33,34);3-12,15,18-19,27-28H,13-14H2,1-2H3,(H,29,30);6-10,16-18,20,25-26H,11-14H2,1-5H3,(H,27,28);10-11,15-16,23-24,26H,8-9,12-13H2,1-7H3/b;12-11+;;/t25-,26+,28+;18-,19-;16-,17-,18-,20?;15-,16-/m1101/s1. The zero-order chi connectivity index (χ0) is 91.1. The van der Waals surface area contributed by atoms with Crippen LogP contribution in [-0.4, -0.2) is 179 Å². The Bertz CT molecular complexity index is 4680. The van der Waals surface area contributed by atoms with E-state index in [1.807, 2.05) is 138 Å². The number of alkyl halides is 1. The van der Waals surface area contributed by atoms with E-state index in [-0.39, 0.29) is 82.7 Å². The second kappa shape index (κ2) is 45.8. The van der Waals surface area contributed by atoms with Crippen LogP contribution in [0.4, 0.5) is 18.0 Å². The maximum absolute atomic E-state index is 14.5. The van der Waals surface area contributed by atoms with Crippen LogP contribution in [0.2, 0.25) is 0 Å². The number of para-hydroxylation sites is 1. The smallest absolute Gasteiger partial charge is 0.411 e. The summed E-state index contributed by atoms with van der Waals surface area (Å²) in [4.78, 5) is 58.4. The molecule has 9 rings (SSSR count). The Labute approximate surface area is 719 Å². The fourth-order valence-corrected chi connectivity index (χ4v) is 16.5. The summed E-state index contributed by atoms with van der Waals surface area (Å²) in [7, 11) is 1.27. The third-order valence-corrected chi connectivity index (χ3v) is 22.5. The second-order valence-corrected chi connectivity index (χ2v) is 37.2. The number of fused-ring (bicyclic) bond motifs is 1. The van der Waals surface area contributed by atoms with E-state index >= 15 is 0 Å². The molecule has 0 aliphatic carbocycles. The second-order valence-electron chi connectivity index (χ2n) is 35.5. The van der Waals surface area contributed by atoms with Gasteiger partial charge in [0.2, 0.25) is 0 Å². The number of halogens is 3. The molecule has 12 N–H and O–H groups in total. The van der Waals surface area contributed by atoms with Crippen LogP contribution in [0.1, 0.15) is 231 Å². The number of hydrogen-bond donors (Lipinski definition) is 12. The van der Waals surface area contributed by atoms with E-state index < -0.39 is 110 Å². The lowest BCUT2D eigenvalue weighted by atomic mass is 9.78. The average molecular weight is 1710 g/mol. The van der Waals surface area contributed by atoms with E-state index in [1.54, 1.807) is 53.1 Å². The largest absolute Gasteiger partial charge is 0.507 e. The molecule has 1 saturated heterocycles. The number of aliphatic hydroxyl groups is 8. The minimum Gasteiger partial charge on any atom is -0.507 e. The average Bonchev–Trinajstić information content (AvgIpc) is 1.66. The van der Waals surface area contributed by atoms with Gasteiger partial charge in [-0.3, -0.25) is 24.1 Å². The van der Waals surface area contributed by atoms with Gasteiger partial charge < -0.3 is 75.3 Å². The van der Waals surface area contributed by atoms with Crippen molar-refractivity contribution in [2.45, 2.75) is 287 Å². The molecule has 21 nitrogen and oxygen atoms in total.